The molecular formula is C16H14BrF2NO. The van der Waals surface area contributed by atoms with Crippen molar-refractivity contribution in [3.05, 3.63) is 63.1 Å². The fraction of sp³-hybridized carbons (Fsp3) is 0.188. The van der Waals surface area contributed by atoms with Crippen LogP contribution >= 0.6 is 15.9 Å². The van der Waals surface area contributed by atoms with E-state index in [2.05, 4.69) is 21.2 Å². The number of hydrogen-bond acceptors (Lipinski definition) is 1. The van der Waals surface area contributed by atoms with Crippen molar-refractivity contribution in [3.8, 4) is 0 Å². The van der Waals surface area contributed by atoms with E-state index in [1.165, 1.54) is 0 Å². The Bertz CT molecular complexity index is 678. The van der Waals surface area contributed by atoms with E-state index < -0.39 is 23.1 Å². The Balaban J connectivity index is 2.40. The maximum Gasteiger partial charge on any atom is 0.261 e. The second kappa shape index (κ2) is 6.35. The standard InChI is InChI=1S/C16H14BrF2NO/c1-3-10-6-4-5-9(2)15(10)20-16(21)14-12(18)7-11(17)8-13(14)19/h4-8H,3H2,1-2H3,(H,20,21). The molecule has 21 heavy (non-hydrogen) atoms. The summed E-state index contributed by atoms with van der Waals surface area (Å²) in [6.45, 7) is 3.79. The molecule has 110 valence electrons. The highest BCUT2D eigenvalue weighted by molar-refractivity contribution is 9.10. The highest BCUT2D eigenvalue weighted by Gasteiger charge is 2.19. The molecule has 0 aliphatic carbocycles. The molecule has 0 fully saturated rings. The zero-order chi connectivity index (χ0) is 15.6. The molecule has 0 spiro atoms. The van der Waals surface area contributed by atoms with Crippen molar-refractivity contribution in [2.24, 2.45) is 0 Å². The predicted molar refractivity (Wildman–Crippen MR) is 82.6 cm³/mol. The summed E-state index contributed by atoms with van der Waals surface area (Å²) in [5.74, 6) is -2.58. The number of rotatable bonds is 3. The van der Waals surface area contributed by atoms with Crippen molar-refractivity contribution in [1.82, 2.24) is 0 Å². The Hall–Kier alpha value is -1.75. The molecule has 0 saturated carbocycles. The number of benzene rings is 2. The molecule has 2 aromatic carbocycles. The van der Waals surface area contributed by atoms with Gasteiger partial charge in [-0.1, -0.05) is 41.1 Å². The van der Waals surface area contributed by atoms with Crippen LogP contribution in [-0.4, -0.2) is 5.91 Å². The van der Waals surface area contributed by atoms with E-state index in [4.69, 9.17) is 0 Å². The summed E-state index contributed by atoms with van der Waals surface area (Å²) >= 11 is 2.99. The molecule has 2 rings (SSSR count). The van der Waals surface area contributed by atoms with Crippen molar-refractivity contribution >= 4 is 27.5 Å². The van der Waals surface area contributed by atoms with Crippen LogP contribution in [0.25, 0.3) is 0 Å². The zero-order valence-corrected chi connectivity index (χ0v) is 13.2. The van der Waals surface area contributed by atoms with Gasteiger partial charge in [0.05, 0.1) is 0 Å². The minimum atomic E-state index is -0.897. The molecule has 0 atom stereocenters. The Morgan fingerprint density at radius 3 is 2.43 bits per heavy atom. The summed E-state index contributed by atoms with van der Waals surface area (Å²) in [6.07, 6.45) is 0.711. The fourth-order valence-electron chi connectivity index (χ4n) is 2.14. The SMILES string of the molecule is CCc1cccc(C)c1NC(=O)c1c(F)cc(Br)cc1F. The highest BCUT2D eigenvalue weighted by Crippen LogP contribution is 2.24. The van der Waals surface area contributed by atoms with Gasteiger partial charge in [-0.3, -0.25) is 4.79 Å². The molecule has 0 aromatic heterocycles. The smallest absolute Gasteiger partial charge is 0.261 e. The number of carbonyl (C=O) groups is 1. The maximum absolute atomic E-state index is 13.8. The van der Waals surface area contributed by atoms with Crippen LogP contribution in [0, 0.1) is 18.6 Å². The Morgan fingerprint density at radius 1 is 1.24 bits per heavy atom. The van der Waals surface area contributed by atoms with E-state index in [9.17, 15) is 13.6 Å². The average molecular weight is 354 g/mol. The van der Waals surface area contributed by atoms with Crippen LogP contribution in [0.5, 0.6) is 0 Å². The zero-order valence-electron chi connectivity index (χ0n) is 11.6. The summed E-state index contributed by atoms with van der Waals surface area (Å²) in [5.41, 5.74) is 1.79. The van der Waals surface area contributed by atoms with Gasteiger partial charge < -0.3 is 5.32 Å². The highest BCUT2D eigenvalue weighted by atomic mass is 79.9. The van der Waals surface area contributed by atoms with Gasteiger partial charge in [0.1, 0.15) is 17.2 Å². The first-order valence-electron chi connectivity index (χ1n) is 6.48. The lowest BCUT2D eigenvalue weighted by Crippen LogP contribution is -2.17. The minimum absolute atomic E-state index is 0.249. The second-order valence-electron chi connectivity index (χ2n) is 4.66. The topological polar surface area (TPSA) is 29.1 Å². The first-order chi connectivity index (χ1) is 9.93. The molecule has 0 saturated heterocycles. The molecule has 0 aliphatic heterocycles. The summed E-state index contributed by atoms with van der Waals surface area (Å²) in [6, 6.07) is 7.72. The maximum atomic E-state index is 13.8. The molecule has 0 bridgehead atoms. The lowest BCUT2D eigenvalue weighted by atomic mass is 10.1. The van der Waals surface area contributed by atoms with Gasteiger partial charge in [0.25, 0.3) is 5.91 Å². The van der Waals surface area contributed by atoms with Crippen LogP contribution in [0.4, 0.5) is 14.5 Å². The van der Waals surface area contributed by atoms with Gasteiger partial charge >= 0.3 is 0 Å². The lowest BCUT2D eigenvalue weighted by Gasteiger charge is -2.13. The Labute approximate surface area is 130 Å². The number of para-hydroxylation sites is 1. The molecule has 1 N–H and O–H groups in total. The predicted octanol–water partition coefficient (Wildman–Crippen LogP) is 4.85. The normalized spacial score (nSPS) is 10.5. The number of amides is 1. The number of anilines is 1. The molecule has 0 heterocycles. The molecule has 0 aliphatic rings. The van der Waals surface area contributed by atoms with Gasteiger partial charge in [-0.2, -0.15) is 0 Å². The number of aryl methyl sites for hydroxylation is 2. The number of carbonyl (C=O) groups excluding carboxylic acids is 1. The average Bonchev–Trinajstić information content (AvgIpc) is 2.39. The van der Waals surface area contributed by atoms with Gasteiger partial charge in [0.15, 0.2) is 0 Å². The fourth-order valence-corrected chi connectivity index (χ4v) is 2.54. The molecule has 1 amide bonds. The van der Waals surface area contributed by atoms with Crippen molar-refractivity contribution < 1.29 is 13.6 Å². The molecular weight excluding hydrogens is 340 g/mol. The summed E-state index contributed by atoms with van der Waals surface area (Å²) in [7, 11) is 0. The van der Waals surface area contributed by atoms with Gasteiger partial charge in [-0.15, -0.1) is 0 Å². The molecule has 5 heteroatoms. The molecule has 2 aromatic rings. The van der Waals surface area contributed by atoms with E-state index >= 15 is 0 Å². The van der Waals surface area contributed by atoms with E-state index in [0.717, 1.165) is 23.3 Å². The van der Waals surface area contributed by atoms with Crippen LogP contribution in [0.15, 0.2) is 34.8 Å². The first-order valence-corrected chi connectivity index (χ1v) is 7.27. The van der Waals surface area contributed by atoms with Crippen LogP contribution in [0.2, 0.25) is 0 Å². The van der Waals surface area contributed by atoms with E-state index in [0.29, 0.717) is 12.1 Å². The number of halogens is 3. The van der Waals surface area contributed by atoms with Gasteiger partial charge in [-0.25, -0.2) is 8.78 Å². The first kappa shape index (κ1) is 15.6. The van der Waals surface area contributed by atoms with Crippen molar-refractivity contribution in [2.75, 3.05) is 5.32 Å². The van der Waals surface area contributed by atoms with Gasteiger partial charge in [-0.05, 0) is 36.6 Å². The number of nitrogens with one attached hydrogen (secondary N) is 1. The van der Waals surface area contributed by atoms with Crippen molar-refractivity contribution in [3.63, 3.8) is 0 Å². The van der Waals surface area contributed by atoms with Crippen LogP contribution in [-0.2, 0) is 6.42 Å². The monoisotopic (exact) mass is 353 g/mol. The van der Waals surface area contributed by atoms with Gasteiger partial charge in [0, 0.05) is 10.2 Å². The van der Waals surface area contributed by atoms with E-state index in [1.807, 2.05) is 32.0 Å². The molecule has 0 radical (unpaired) electrons. The van der Waals surface area contributed by atoms with Crippen molar-refractivity contribution in [1.29, 1.82) is 0 Å². The van der Waals surface area contributed by atoms with Gasteiger partial charge in [0.2, 0.25) is 0 Å². The summed E-state index contributed by atoms with van der Waals surface area (Å²) in [5, 5.41) is 2.61. The minimum Gasteiger partial charge on any atom is -0.321 e. The second-order valence-corrected chi connectivity index (χ2v) is 5.58. The summed E-state index contributed by atoms with van der Waals surface area (Å²) < 4.78 is 27.9. The third-order valence-corrected chi connectivity index (χ3v) is 3.67. The van der Waals surface area contributed by atoms with Crippen LogP contribution < -0.4 is 5.32 Å². The van der Waals surface area contributed by atoms with Crippen molar-refractivity contribution in [2.45, 2.75) is 20.3 Å². The molecule has 2 nitrogen and oxygen atoms in total. The molecule has 0 unspecified atom stereocenters. The third-order valence-electron chi connectivity index (χ3n) is 3.21. The lowest BCUT2D eigenvalue weighted by molar-refractivity contribution is 0.101. The van der Waals surface area contributed by atoms with E-state index in [-0.39, 0.29) is 4.47 Å². The van der Waals surface area contributed by atoms with E-state index in [1.54, 1.807) is 0 Å². The quantitative estimate of drug-likeness (QED) is 0.839. The largest absolute Gasteiger partial charge is 0.321 e. The third kappa shape index (κ3) is 3.29. The van der Waals surface area contributed by atoms with Crippen LogP contribution in [0.3, 0.4) is 0 Å². The van der Waals surface area contributed by atoms with Crippen LogP contribution in [0.1, 0.15) is 28.4 Å². The summed E-state index contributed by atoms with van der Waals surface area (Å²) in [4.78, 5) is 12.2. The Morgan fingerprint density at radius 2 is 1.86 bits per heavy atom. The Kier molecular flexibility index (Phi) is 4.73. The number of hydrogen-bond donors (Lipinski definition) is 1.